The van der Waals surface area contributed by atoms with Gasteiger partial charge in [-0.25, -0.2) is 0 Å². The van der Waals surface area contributed by atoms with Crippen molar-refractivity contribution >= 4 is 0 Å². The summed E-state index contributed by atoms with van der Waals surface area (Å²) in [4.78, 5) is 0. The van der Waals surface area contributed by atoms with E-state index in [1.54, 1.807) is 7.11 Å². The van der Waals surface area contributed by atoms with Crippen LogP contribution in [0.3, 0.4) is 0 Å². The SMILES string of the molecule is CCc1cccc(OC)c1C1(C(C)C)CC1. The van der Waals surface area contributed by atoms with E-state index >= 15 is 0 Å². The van der Waals surface area contributed by atoms with Crippen LogP contribution in [0.4, 0.5) is 0 Å². The van der Waals surface area contributed by atoms with E-state index in [2.05, 4.69) is 39.0 Å². The van der Waals surface area contributed by atoms with Crippen LogP contribution in [-0.2, 0) is 11.8 Å². The molecule has 1 heteroatoms. The minimum absolute atomic E-state index is 0.401. The second-order valence-electron chi connectivity index (χ2n) is 5.16. The summed E-state index contributed by atoms with van der Waals surface area (Å²) in [5, 5.41) is 0. The lowest BCUT2D eigenvalue weighted by molar-refractivity contribution is 0.387. The zero-order chi connectivity index (χ0) is 11.8. The number of hydrogen-bond donors (Lipinski definition) is 0. The largest absolute Gasteiger partial charge is 0.496 e. The van der Waals surface area contributed by atoms with Gasteiger partial charge in [0.15, 0.2) is 0 Å². The fourth-order valence-corrected chi connectivity index (χ4v) is 2.86. The predicted molar refractivity (Wildman–Crippen MR) is 68.1 cm³/mol. The molecule has 1 aliphatic rings. The number of methoxy groups -OCH3 is 1. The molecule has 1 nitrogen and oxygen atoms in total. The van der Waals surface area contributed by atoms with Crippen LogP contribution < -0.4 is 4.74 Å². The van der Waals surface area contributed by atoms with Crippen LogP contribution in [0.15, 0.2) is 18.2 Å². The van der Waals surface area contributed by atoms with Crippen LogP contribution in [-0.4, -0.2) is 7.11 Å². The molecule has 0 unspecified atom stereocenters. The van der Waals surface area contributed by atoms with Gasteiger partial charge in [-0.2, -0.15) is 0 Å². The topological polar surface area (TPSA) is 9.23 Å². The lowest BCUT2D eigenvalue weighted by atomic mass is 9.81. The van der Waals surface area contributed by atoms with Gasteiger partial charge in [-0.1, -0.05) is 32.9 Å². The van der Waals surface area contributed by atoms with Gasteiger partial charge in [0.1, 0.15) is 5.75 Å². The Labute approximate surface area is 98.8 Å². The van der Waals surface area contributed by atoms with E-state index in [1.165, 1.54) is 24.0 Å². The number of aryl methyl sites for hydroxylation is 1. The molecule has 1 fully saturated rings. The molecule has 2 rings (SSSR count). The Morgan fingerprint density at radius 1 is 1.31 bits per heavy atom. The minimum Gasteiger partial charge on any atom is -0.496 e. The molecule has 0 radical (unpaired) electrons. The van der Waals surface area contributed by atoms with Crippen molar-refractivity contribution in [3.05, 3.63) is 29.3 Å². The molecule has 0 spiro atoms. The minimum atomic E-state index is 0.401. The number of ether oxygens (including phenoxy) is 1. The van der Waals surface area contributed by atoms with Gasteiger partial charge in [-0.05, 0) is 36.8 Å². The van der Waals surface area contributed by atoms with Gasteiger partial charge < -0.3 is 4.74 Å². The monoisotopic (exact) mass is 218 g/mol. The number of rotatable bonds is 4. The highest BCUT2D eigenvalue weighted by molar-refractivity contribution is 5.49. The Bertz CT molecular complexity index is 353. The predicted octanol–water partition coefficient (Wildman–Crippen LogP) is 3.95. The summed E-state index contributed by atoms with van der Waals surface area (Å²) < 4.78 is 5.56. The third kappa shape index (κ3) is 1.63. The van der Waals surface area contributed by atoms with Gasteiger partial charge in [-0.3, -0.25) is 0 Å². The van der Waals surface area contributed by atoms with Crippen molar-refractivity contribution in [2.75, 3.05) is 7.11 Å². The third-order valence-corrected chi connectivity index (χ3v) is 4.11. The summed E-state index contributed by atoms with van der Waals surface area (Å²) in [5.74, 6) is 1.79. The van der Waals surface area contributed by atoms with Crippen molar-refractivity contribution in [2.24, 2.45) is 5.92 Å². The van der Waals surface area contributed by atoms with Crippen LogP contribution >= 0.6 is 0 Å². The lowest BCUT2D eigenvalue weighted by Gasteiger charge is -2.25. The number of benzene rings is 1. The summed E-state index contributed by atoms with van der Waals surface area (Å²) in [7, 11) is 1.79. The average molecular weight is 218 g/mol. The molecule has 1 aromatic rings. The normalized spacial score (nSPS) is 17.6. The maximum Gasteiger partial charge on any atom is 0.122 e. The summed E-state index contributed by atoms with van der Waals surface area (Å²) >= 11 is 0. The smallest absolute Gasteiger partial charge is 0.122 e. The molecule has 0 N–H and O–H groups in total. The Morgan fingerprint density at radius 3 is 2.44 bits per heavy atom. The van der Waals surface area contributed by atoms with Gasteiger partial charge in [-0.15, -0.1) is 0 Å². The zero-order valence-corrected chi connectivity index (χ0v) is 10.8. The van der Waals surface area contributed by atoms with Gasteiger partial charge in [0.2, 0.25) is 0 Å². The van der Waals surface area contributed by atoms with E-state index in [1.807, 2.05) is 0 Å². The van der Waals surface area contributed by atoms with E-state index < -0.39 is 0 Å². The standard InChI is InChI=1S/C15H22O/c1-5-12-7-6-8-13(16-4)14(12)15(9-10-15)11(2)3/h6-8,11H,5,9-10H2,1-4H3. The number of hydrogen-bond acceptors (Lipinski definition) is 1. The molecule has 16 heavy (non-hydrogen) atoms. The molecule has 1 saturated carbocycles. The fraction of sp³-hybridized carbons (Fsp3) is 0.600. The van der Waals surface area contributed by atoms with E-state index in [0.29, 0.717) is 11.3 Å². The first-order valence-electron chi connectivity index (χ1n) is 6.32. The molecule has 0 bridgehead atoms. The van der Waals surface area contributed by atoms with Crippen molar-refractivity contribution in [1.29, 1.82) is 0 Å². The lowest BCUT2D eigenvalue weighted by Crippen LogP contribution is -2.18. The Hall–Kier alpha value is -0.980. The summed E-state index contributed by atoms with van der Waals surface area (Å²) in [6, 6.07) is 6.47. The van der Waals surface area contributed by atoms with E-state index in [9.17, 15) is 0 Å². The Morgan fingerprint density at radius 2 is 2.00 bits per heavy atom. The van der Waals surface area contributed by atoms with E-state index in [0.717, 1.165) is 12.2 Å². The first-order valence-corrected chi connectivity index (χ1v) is 6.32. The maximum atomic E-state index is 5.56. The second-order valence-corrected chi connectivity index (χ2v) is 5.16. The summed E-state index contributed by atoms with van der Waals surface area (Å²) in [6.45, 7) is 6.90. The van der Waals surface area contributed by atoms with Gasteiger partial charge in [0, 0.05) is 11.0 Å². The summed E-state index contributed by atoms with van der Waals surface area (Å²) in [6.07, 6.45) is 3.73. The second kappa shape index (κ2) is 4.12. The molecule has 88 valence electrons. The van der Waals surface area contributed by atoms with Crippen molar-refractivity contribution < 1.29 is 4.74 Å². The summed E-state index contributed by atoms with van der Waals surface area (Å²) in [5.41, 5.74) is 3.35. The van der Waals surface area contributed by atoms with Crippen molar-refractivity contribution in [1.82, 2.24) is 0 Å². The first-order chi connectivity index (χ1) is 7.65. The van der Waals surface area contributed by atoms with Crippen molar-refractivity contribution in [3.8, 4) is 5.75 Å². The van der Waals surface area contributed by atoms with Crippen LogP contribution in [0.1, 0.15) is 44.7 Å². The quantitative estimate of drug-likeness (QED) is 0.743. The molecule has 0 amide bonds. The zero-order valence-electron chi connectivity index (χ0n) is 10.8. The van der Waals surface area contributed by atoms with E-state index in [4.69, 9.17) is 4.74 Å². The molecule has 0 aliphatic heterocycles. The Kier molecular flexibility index (Phi) is 2.96. The van der Waals surface area contributed by atoms with Crippen molar-refractivity contribution in [2.45, 2.75) is 45.4 Å². The van der Waals surface area contributed by atoms with Crippen LogP contribution in [0.2, 0.25) is 0 Å². The molecule has 0 heterocycles. The molecular formula is C15H22O. The average Bonchev–Trinajstić information content (AvgIpc) is 3.09. The van der Waals surface area contributed by atoms with E-state index in [-0.39, 0.29) is 0 Å². The third-order valence-electron chi connectivity index (χ3n) is 4.11. The van der Waals surface area contributed by atoms with Gasteiger partial charge in [0.05, 0.1) is 7.11 Å². The highest BCUT2D eigenvalue weighted by Crippen LogP contribution is 2.57. The van der Waals surface area contributed by atoms with Gasteiger partial charge in [0.25, 0.3) is 0 Å². The Balaban J connectivity index is 2.53. The first kappa shape index (κ1) is 11.5. The fourth-order valence-electron chi connectivity index (χ4n) is 2.86. The molecule has 0 saturated heterocycles. The molecule has 0 atom stereocenters. The van der Waals surface area contributed by atoms with Crippen LogP contribution in [0.25, 0.3) is 0 Å². The molecular weight excluding hydrogens is 196 g/mol. The molecule has 1 aromatic carbocycles. The van der Waals surface area contributed by atoms with Gasteiger partial charge >= 0.3 is 0 Å². The van der Waals surface area contributed by atoms with Crippen molar-refractivity contribution in [3.63, 3.8) is 0 Å². The molecule has 1 aliphatic carbocycles. The van der Waals surface area contributed by atoms with Crippen LogP contribution in [0, 0.1) is 5.92 Å². The molecule has 0 aromatic heterocycles. The van der Waals surface area contributed by atoms with Crippen LogP contribution in [0.5, 0.6) is 5.75 Å². The highest BCUT2D eigenvalue weighted by Gasteiger charge is 2.49. The maximum absolute atomic E-state index is 5.56. The highest BCUT2D eigenvalue weighted by atomic mass is 16.5.